The van der Waals surface area contributed by atoms with Gasteiger partial charge >= 0.3 is 0 Å². The van der Waals surface area contributed by atoms with Crippen molar-refractivity contribution in [3.8, 4) is 0 Å². The Bertz CT molecular complexity index is 1040. The van der Waals surface area contributed by atoms with Gasteiger partial charge in [0, 0.05) is 16.6 Å². The van der Waals surface area contributed by atoms with Crippen LogP contribution in [0.3, 0.4) is 0 Å². The number of aryl methyl sites for hydroxylation is 1. The highest BCUT2D eigenvalue weighted by Crippen LogP contribution is 2.25. The lowest BCUT2D eigenvalue weighted by atomic mass is 10.2. The van der Waals surface area contributed by atoms with Crippen LogP contribution in [-0.4, -0.2) is 28.5 Å². The molecule has 0 unspecified atom stereocenters. The van der Waals surface area contributed by atoms with E-state index < -0.39 is 23.4 Å². The second kappa shape index (κ2) is 9.28. The van der Waals surface area contributed by atoms with Gasteiger partial charge in [-0.1, -0.05) is 17.3 Å². The molecular weight excluding hydrogens is 402 g/mol. The Hall–Kier alpha value is -3.27. The topological polar surface area (TPSA) is 97.1 Å². The summed E-state index contributed by atoms with van der Waals surface area (Å²) in [6.07, 6.45) is 0. The highest BCUT2D eigenvalue weighted by molar-refractivity contribution is 7.98. The first-order valence-corrected chi connectivity index (χ1v) is 9.45. The van der Waals surface area contributed by atoms with Crippen molar-refractivity contribution < 1.29 is 22.9 Å². The number of hydrogen-bond donors (Lipinski definition) is 2. The van der Waals surface area contributed by atoms with Crippen LogP contribution in [0.2, 0.25) is 0 Å². The molecule has 7 nitrogen and oxygen atoms in total. The van der Waals surface area contributed by atoms with Crippen molar-refractivity contribution in [3.05, 3.63) is 71.4 Å². The zero-order valence-electron chi connectivity index (χ0n) is 15.2. The molecule has 2 N–H and O–H groups in total. The lowest BCUT2D eigenvalue weighted by Gasteiger charge is -2.10. The monoisotopic (exact) mass is 418 g/mol. The first kappa shape index (κ1) is 20.5. The second-order valence-corrected chi connectivity index (χ2v) is 6.90. The van der Waals surface area contributed by atoms with E-state index in [1.165, 1.54) is 17.8 Å². The van der Waals surface area contributed by atoms with Crippen LogP contribution in [0.15, 0.2) is 51.9 Å². The minimum absolute atomic E-state index is 0.0916. The summed E-state index contributed by atoms with van der Waals surface area (Å²) < 4.78 is 31.2. The van der Waals surface area contributed by atoms with Crippen LogP contribution in [0.25, 0.3) is 0 Å². The van der Waals surface area contributed by atoms with Crippen LogP contribution >= 0.6 is 11.8 Å². The molecule has 0 aliphatic heterocycles. The van der Waals surface area contributed by atoms with Crippen molar-refractivity contribution in [2.24, 2.45) is 0 Å². The lowest BCUT2D eigenvalue weighted by molar-refractivity contribution is -0.115. The molecule has 0 saturated heterocycles. The molecule has 29 heavy (non-hydrogen) atoms. The van der Waals surface area contributed by atoms with E-state index >= 15 is 0 Å². The Morgan fingerprint density at radius 1 is 1.14 bits per heavy atom. The Kier molecular flexibility index (Phi) is 6.55. The maximum Gasteiger partial charge on any atom is 0.252 e. The zero-order chi connectivity index (χ0) is 20.8. The highest BCUT2D eigenvalue weighted by Gasteiger charge is 2.14. The highest BCUT2D eigenvalue weighted by atomic mass is 32.2. The maximum absolute atomic E-state index is 13.2. The first-order valence-electron chi connectivity index (χ1n) is 8.46. The molecule has 1 heterocycles. The van der Waals surface area contributed by atoms with Gasteiger partial charge in [0.15, 0.2) is 17.5 Å². The summed E-state index contributed by atoms with van der Waals surface area (Å²) in [5, 5.41) is 8.60. The number of benzene rings is 2. The van der Waals surface area contributed by atoms with Gasteiger partial charge in [0.1, 0.15) is 0 Å². The minimum atomic E-state index is -1.07. The van der Waals surface area contributed by atoms with Gasteiger partial charge < -0.3 is 15.2 Å². The number of rotatable bonds is 7. The third-order valence-electron chi connectivity index (χ3n) is 3.67. The van der Waals surface area contributed by atoms with Crippen molar-refractivity contribution in [2.75, 3.05) is 11.9 Å². The average molecular weight is 418 g/mol. The number of thioether (sulfide) groups is 1. The maximum atomic E-state index is 13.2. The molecule has 0 aliphatic rings. The van der Waals surface area contributed by atoms with E-state index in [0.717, 1.165) is 12.1 Å². The van der Waals surface area contributed by atoms with Gasteiger partial charge in [-0.15, -0.1) is 11.8 Å². The molecule has 10 heteroatoms. The summed E-state index contributed by atoms with van der Waals surface area (Å²) in [5.41, 5.74) is 0.475. The van der Waals surface area contributed by atoms with E-state index in [0.29, 0.717) is 27.9 Å². The number of carbonyl (C=O) groups is 2. The molecule has 0 bridgehead atoms. The van der Waals surface area contributed by atoms with E-state index in [1.54, 1.807) is 31.2 Å². The first-order chi connectivity index (χ1) is 13.9. The van der Waals surface area contributed by atoms with Gasteiger partial charge in [-0.05, 0) is 31.2 Å². The van der Waals surface area contributed by atoms with Gasteiger partial charge in [-0.25, -0.2) is 8.78 Å². The Balaban J connectivity index is 1.57. The van der Waals surface area contributed by atoms with Crippen molar-refractivity contribution >= 4 is 29.3 Å². The van der Waals surface area contributed by atoms with Crippen molar-refractivity contribution in [1.29, 1.82) is 0 Å². The van der Waals surface area contributed by atoms with Crippen LogP contribution in [0.4, 0.5) is 14.5 Å². The molecule has 0 atom stereocenters. The SMILES string of the molecule is Cc1noc(CSc2ccccc2C(=O)NCC(=O)Nc2ccc(F)c(F)c2)n1. The van der Waals surface area contributed by atoms with Gasteiger partial charge in [-0.3, -0.25) is 9.59 Å². The van der Waals surface area contributed by atoms with Crippen LogP contribution in [-0.2, 0) is 10.5 Å². The molecule has 1 aromatic heterocycles. The molecule has 0 spiro atoms. The smallest absolute Gasteiger partial charge is 0.252 e. The number of carbonyl (C=O) groups excluding carboxylic acids is 2. The standard InChI is InChI=1S/C19H16F2N4O3S/c1-11-23-18(28-25-11)10-29-16-5-3-2-4-13(16)19(27)22-9-17(26)24-12-6-7-14(20)15(21)8-12/h2-8H,9-10H2,1H3,(H,22,27)(H,24,26). The molecule has 3 aromatic rings. The number of halogens is 2. The average Bonchev–Trinajstić information content (AvgIpc) is 3.13. The van der Waals surface area contributed by atoms with Crippen LogP contribution in [0, 0.1) is 18.6 Å². The third-order valence-corrected chi connectivity index (χ3v) is 4.72. The lowest BCUT2D eigenvalue weighted by Crippen LogP contribution is -2.33. The second-order valence-electron chi connectivity index (χ2n) is 5.88. The molecular formula is C19H16F2N4O3S. The van der Waals surface area contributed by atoms with Gasteiger partial charge in [0.2, 0.25) is 11.8 Å². The Morgan fingerprint density at radius 3 is 2.66 bits per heavy atom. The van der Waals surface area contributed by atoms with Gasteiger partial charge in [0.25, 0.3) is 5.91 Å². The van der Waals surface area contributed by atoms with E-state index in [4.69, 9.17) is 4.52 Å². The molecule has 0 fully saturated rings. The minimum Gasteiger partial charge on any atom is -0.343 e. The summed E-state index contributed by atoms with van der Waals surface area (Å²) in [6, 6.07) is 9.88. The third kappa shape index (κ3) is 5.61. The molecule has 0 saturated carbocycles. The fraction of sp³-hybridized carbons (Fsp3) is 0.158. The van der Waals surface area contributed by atoms with E-state index in [-0.39, 0.29) is 12.2 Å². The summed E-state index contributed by atoms with van der Waals surface area (Å²) in [5.74, 6) is -1.75. The number of hydrogen-bond acceptors (Lipinski definition) is 6. The number of nitrogens with one attached hydrogen (secondary N) is 2. The predicted octanol–water partition coefficient (Wildman–Crippen LogP) is 3.32. The number of amides is 2. The molecule has 0 aliphatic carbocycles. The predicted molar refractivity (Wildman–Crippen MR) is 102 cm³/mol. The van der Waals surface area contributed by atoms with E-state index in [2.05, 4.69) is 20.8 Å². The summed E-state index contributed by atoms with van der Waals surface area (Å²) in [6.45, 7) is 1.38. The van der Waals surface area contributed by atoms with E-state index in [1.807, 2.05) is 0 Å². The number of anilines is 1. The summed E-state index contributed by atoms with van der Waals surface area (Å²) in [7, 11) is 0. The van der Waals surface area contributed by atoms with Crippen molar-refractivity contribution in [2.45, 2.75) is 17.6 Å². The van der Waals surface area contributed by atoms with Gasteiger partial charge in [0.05, 0.1) is 17.9 Å². The number of nitrogens with zero attached hydrogens (tertiary/aromatic N) is 2. The molecule has 3 rings (SSSR count). The largest absolute Gasteiger partial charge is 0.343 e. The Morgan fingerprint density at radius 2 is 1.93 bits per heavy atom. The summed E-state index contributed by atoms with van der Waals surface area (Å²) in [4.78, 5) is 29.2. The Labute approximate surface area is 168 Å². The zero-order valence-corrected chi connectivity index (χ0v) is 16.1. The normalized spacial score (nSPS) is 10.6. The van der Waals surface area contributed by atoms with Crippen molar-refractivity contribution in [1.82, 2.24) is 15.5 Å². The van der Waals surface area contributed by atoms with Crippen LogP contribution in [0.1, 0.15) is 22.1 Å². The van der Waals surface area contributed by atoms with Crippen molar-refractivity contribution in [3.63, 3.8) is 0 Å². The van der Waals surface area contributed by atoms with Crippen LogP contribution in [0.5, 0.6) is 0 Å². The van der Waals surface area contributed by atoms with Gasteiger partial charge in [-0.2, -0.15) is 4.98 Å². The quantitative estimate of drug-likeness (QED) is 0.572. The van der Waals surface area contributed by atoms with E-state index in [9.17, 15) is 18.4 Å². The molecule has 2 aromatic carbocycles. The summed E-state index contributed by atoms with van der Waals surface area (Å²) >= 11 is 1.35. The van der Waals surface area contributed by atoms with Crippen LogP contribution < -0.4 is 10.6 Å². The fourth-order valence-corrected chi connectivity index (χ4v) is 3.24. The molecule has 0 radical (unpaired) electrons. The molecule has 150 valence electrons. The molecule has 2 amide bonds. The number of aromatic nitrogens is 2. The fourth-order valence-electron chi connectivity index (χ4n) is 2.35.